The molecule has 2 aromatic carbocycles. The molecular weight excluding hydrogens is 430 g/mol. The van der Waals surface area contributed by atoms with Gasteiger partial charge in [-0.3, -0.25) is 9.59 Å². The molecule has 0 heterocycles. The van der Waals surface area contributed by atoms with E-state index in [1.165, 1.54) is 26.2 Å². The van der Waals surface area contributed by atoms with Crippen molar-refractivity contribution in [1.29, 1.82) is 0 Å². The van der Waals surface area contributed by atoms with Crippen molar-refractivity contribution in [2.24, 2.45) is 5.92 Å². The molecule has 2 aromatic rings. The van der Waals surface area contributed by atoms with Gasteiger partial charge in [0.25, 0.3) is 5.91 Å². The van der Waals surface area contributed by atoms with Crippen molar-refractivity contribution >= 4 is 21.8 Å². The lowest BCUT2D eigenvalue weighted by Gasteiger charge is -2.22. The van der Waals surface area contributed by atoms with Gasteiger partial charge in [0.1, 0.15) is 11.8 Å². The fraction of sp³-hybridized carbons (Fsp3) is 0.391. The summed E-state index contributed by atoms with van der Waals surface area (Å²) >= 11 is 0. The molecule has 0 aliphatic rings. The minimum absolute atomic E-state index is 0.130. The van der Waals surface area contributed by atoms with Gasteiger partial charge in [-0.2, -0.15) is 0 Å². The fourth-order valence-corrected chi connectivity index (χ4v) is 3.82. The second-order valence-electron chi connectivity index (χ2n) is 7.80. The fourth-order valence-electron chi connectivity index (χ4n) is 2.92. The molecule has 8 nitrogen and oxygen atoms in total. The first kappa shape index (κ1) is 25.4. The Morgan fingerprint density at radius 2 is 1.59 bits per heavy atom. The van der Waals surface area contributed by atoms with E-state index in [-0.39, 0.29) is 29.2 Å². The Balaban J connectivity index is 2.00. The third-order valence-electron chi connectivity index (χ3n) is 4.83. The molecule has 9 heteroatoms. The summed E-state index contributed by atoms with van der Waals surface area (Å²) in [5.74, 6) is -0.120. The number of nitrogens with zero attached hydrogens (tertiary/aromatic N) is 1. The number of amides is 2. The monoisotopic (exact) mass is 461 g/mol. The minimum Gasteiger partial charge on any atom is -0.494 e. The lowest BCUT2D eigenvalue weighted by Crippen LogP contribution is -2.49. The number of ether oxygens (including phenoxy) is 1. The number of benzene rings is 2. The highest BCUT2D eigenvalue weighted by atomic mass is 32.2. The van der Waals surface area contributed by atoms with Crippen LogP contribution in [0, 0.1) is 5.92 Å². The van der Waals surface area contributed by atoms with Crippen LogP contribution in [0.2, 0.25) is 0 Å². The van der Waals surface area contributed by atoms with Gasteiger partial charge in [0.15, 0.2) is 0 Å². The molecule has 0 saturated carbocycles. The Hall–Kier alpha value is -2.91. The molecule has 0 aliphatic carbocycles. The Kier molecular flexibility index (Phi) is 8.80. The number of carbonyl (C=O) groups is 2. The molecule has 0 aliphatic heterocycles. The summed E-state index contributed by atoms with van der Waals surface area (Å²) in [6, 6.07) is 12.3. The summed E-state index contributed by atoms with van der Waals surface area (Å²) in [4.78, 5) is 25.5. The van der Waals surface area contributed by atoms with E-state index in [0.29, 0.717) is 17.9 Å². The van der Waals surface area contributed by atoms with Crippen molar-refractivity contribution in [3.8, 4) is 5.75 Å². The van der Waals surface area contributed by atoms with Crippen molar-refractivity contribution in [3.05, 3.63) is 59.7 Å². The first-order chi connectivity index (χ1) is 15.1. The van der Waals surface area contributed by atoms with E-state index in [9.17, 15) is 18.0 Å². The second kappa shape index (κ2) is 11.1. The van der Waals surface area contributed by atoms with E-state index in [1.54, 1.807) is 36.4 Å². The van der Waals surface area contributed by atoms with E-state index in [1.807, 2.05) is 20.8 Å². The third-order valence-corrected chi connectivity index (χ3v) is 6.66. The molecule has 32 heavy (non-hydrogen) atoms. The molecule has 0 aromatic heterocycles. The van der Waals surface area contributed by atoms with Crippen molar-refractivity contribution in [3.63, 3.8) is 0 Å². The van der Waals surface area contributed by atoms with Crippen LogP contribution in [0.15, 0.2) is 53.4 Å². The average molecular weight is 462 g/mol. The highest BCUT2D eigenvalue weighted by Crippen LogP contribution is 2.15. The normalized spacial score (nSPS) is 12.5. The van der Waals surface area contributed by atoms with Crippen LogP contribution < -0.4 is 15.4 Å². The minimum atomic E-state index is -3.50. The van der Waals surface area contributed by atoms with Crippen LogP contribution in [0.3, 0.4) is 0 Å². The number of sulfonamides is 1. The van der Waals surface area contributed by atoms with Gasteiger partial charge >= 0.3 is 0 Å². The molecule has 0 bridgehead atoms. The van der Waals surface area contributed by atoms with Gasteiger partial charge in [-0.15, -0.1) is 0 Å². The zero-order valence-corrected chi connectivity index (χ0v) is 19.9. The number of rotatable bonds is 10. The molecular formula is C23H31N3O5S. The summed E-state index contributed by atoms with van der Waals surface area (Å²) in [6.07, 6.45) is 0. The SMILES string of the molecule is CCOc1ccc(C(=O)NC(C(=O)NCc2ccc(S(=O)(=O)N(C)C)cc2)C(C)C)cc1. The highest BCUT2D eigenvalue weighted by molar-refractivity contribution is 7.89. The van der Waals surface area contributed by atoms with Gasteiger partial charge in [0.05, 0.1) is 11.5 Å². The summed E-state index contributed by atoms with van der Waals surface area (Å²) in [7, 11) is -0.566. The first-order valence-electron chi connectivity index (χ1n) is 10.4. The van der Waals surface area contributed by atoms with Crippen LogP contribution >= 0.6 is 0 Å². The van der Waals surface area contributed by atoms with Gasteiger partial charge < -0.3 is 15.4 Å². The summed E-state index contributed by atoms with van der Waals surface area (Å²) in [5, 5.41) is 5.60. The van der Waals surface area contributed by atoms with Crippen LogP contribution in [-0.2, 0) is 21.4 Å². The van der Waals surface area contributed by atoms with Gasteiger partial charge in [0, 0.05) is 26.2 Å². The molecule has 0 radical (unpaired) electrons. The topological polar surface area (TPSA) is 105 Å². The molecule has 0 fully saturated rings. The van der Waals surface area contributed by atoms with Crippen LogP contribution in [-0.4, -0.2) is 51.3 Å². The van der Waals surface area contributed by atoms with E-state index in [0.717, 1.165) is 9.87 Å². The van der Waals surface area contributed by atoms with E-state index in [2.05, 4.69) is 10.6 Å². The highest BCUT2D eigenvalue weighted by Gasteiger charge is 2.24. The zero-order valence-electron chi connectivity index (χ0n) is 19.1. The van der Waals surface area contributed by atoms with E-state index in [4.69, 9.17) is 4.74 Å². The Morgan fingerprint density at radius 1 is 1.00 bits per heavy atom. The van der Waals surface area contributed by atoms with Gasteiger partial charge in [-0.1, -0.05) is 26.0 Å². The van der Waals surface area contributed by atoms with E-state index >= 15 is 0 Å². The van der Waals surface area contributed by atoms with Crippen LogP contribution in [0.5, 0.6) is 5.75 Å². The molecule has 2 amide bonds. The maximum atomic E-state index is 12.7. The Labute approximate surface area is 190 Å². The molecule has 0 saturated heterocycles. The third kappa shape index (κ3) is 6.54. The van der Waals surface area contributed by atoms with Crippen LogP contribution in [0.25, 0.3) is 0 Å². The van der Waals surface area contributed by atoms with Crippen LogP contribution in [0.4, 0.5) is 0 Å². The number of nitrogens with one attached hydrogen (secondary N) is 2. The molecule has 1 atom stereocenters. The summed E-state index contributed by atoms with van der Waals surface area (Å²) < 4.78 is 30.8. The summed E-state index contributed by atoms with van der Waals surface area (Å²) in [6.45, 7) is 6.33. The van der Waals surface area contributed by atoms with Crippen molar-refractivity contribution in [1.82, 2.24) is 14.9 Å². The zero-order chi connectivity index (χ0) is 23.9. The lowest BCUT2D eigenvalue weighted by molar-refractivity contribution is -0.124. The van der Waals surface area contributed by atoms with Crippen molar-refractivity contribution in [2.45, 2.75) is 38.3 Å². The molecule has 2 N–H and O–H groups in total. The largest absolute Gasteiger partial charge is 0.494 e. The lowest BCUT2D eigenvalue weighted by atomic mass is 10.0. The van der Waals surface area contributed by atoms with Gasteiger partial charge in [-0.25, -0.2) is 12.7 Å². The number of hydrogen-bond donors (Lipinski definition) is 2. The maximum Gasteiger partial charge on any atom is 0.251 e. The standard InChI is InChI=1S/C23H31N3O5S/c1-6-31-19-11-9-18(10-12-19)22(27)25-21(16(2)3)23(28)24-15-17-7-13-20(14-8-17)32(29,30)26(4)5/h7-14,16,21H,6,15H2,1-5H3,(H,24,28)(H,25,27). The second-order valence-corrected chi connectivity index (χ2v) is 9.95. The van der Waals surface area contributed by atoms with Crippen molar-refractivity contribution in [2.75, 3.05) is 20.7 Å². The van der Waals surface area contributed by atoms with Crippen molar-refractivity contribution < 1.29 is 22.7 Å². The molecule has 1 unspecified atom stereocenters. The van der Waals surface area contributed by atoms with Crippen LogP contribution in [0.1, 0.15) is 36.7 Å². The molecule has 174 valence electrons. The van der Waals surface area contributed by atoms with Gasteiger partial charge in [-0.05, 0) is 54.8 Å². The smallest absolute Gasteiger partial charge is 0.251 e. The number of hydrogen-bond acceptors (Lipinski definition) is 5. The Bertz CT molecular complexity index is 1020. The molecule has 2 rings (SSSR count). The Morgan fingerprint density at radius 3 is 2.09 bits per heavy atom. The summed E-state index contributed by atoms with van der Waals surface area (Å²) in [5.41, 5.74) is 1.18. The van der Waals surface area contributed by atoms with Gasteiger partial charge in [0.2, 0.25) is 15.9 Å². The predicted molar refractivity (Wildman–Crippen MR) is 123 cm³/mol. The predicted octanol–water partition coefficient (Wildman–Crippen LogP) is 2.41. The average Bonchev–Trinajstić information content (AvgIpc) is 2.76. The maximum absolute atomic E-state index is 12.7. The molecule has 0 spiro atoms. The number of carbonyl (C=O) groups excluding carboxylic acids is 2. The van der Waals surface area contributed by atoms with E-state index < -0.39 is 16.1 Å². The quantitative estimate of drug-likeness (QED) is 0.565. The first-order valence-corrected chi connectivity index (χ1v) is 11.8.